The molecule has 0 amide bonds. The molecular weight excluding hydrogens is 278 g/mol. The highest BCUT2D eigenvalue weighted by molar-refractivity contribution is 5.85. The first-order valence-corrected chi connectivity index (χ1v) is 9.38. The smallest absolute Gasteiger partial charge is 0.0252 e. The van der Waals surface area contributed by atoms with Crippen LogP contribution in [-0.2, 0) is 0 Å². The molecule has 1 heterocycles. The van der Waals surface area contributed by atoms with Gasteiger partial charge in [-0.25, -0.2) is 0 Å². The number of hydrogen-bond acceptors (Lipinski definition) is 1. The summed E-state index contributed by atoms with van der Waals surface area (Å²) in [7, 11) is 0. The molecule has 3 aliphatic rings. The van der Waals surface area contributed by atoms with Crippen molar-refractivity contribution in [3.8, 4) is 0 Å². The summed E-state index contributed by atoms with van der Waals surface area (Å²) in [5.74, 6) is 1.88. The Bertz CT molecular complexity index is 288. The molecule has 1 N–H and O–H groups in total. The molecule has 1 unspecified atom stereocenters. The first-order chi connectivity index (χ1) is 9.93. The molecule has 1 saturated heterocycles. The zero-order valence-electron chi connectivity index (χ0n) is 13.6. The molecule has 3 rings (SSSR count). The van der Waals surface area contributed by atoms with Crippen molar-refractivity contribution in [3.05, 3.63) is 11.6 Å². The summed E-state index contributed by atoms with van der Waals surface area (Å²) in [6.07, 6.45) is 21.7. The number of nitrogens with one attached hydrogen (secondary N) is 1. The van der Waals surface area contributed by atoms with Gasteiger partial charge in [0, 0.05) is 6.04 Å². The van der Waals surface area contributed by atoms with E-state index in [1.807, 2.05) is 5.57 Å². The van der Waals surface area contributed by atoms with E-state index in [1.165, 1.54) is 90.0 Å². The van der Waals surface area contributed by atoms with Crippen molar-refractivity contribution in [3.63, 3.8) is 0 Å². The van der Waals surface area contributed by atoms with Gasteiger partial charge in [0.05, 0.1) is 0 Å². The van der Waals surface area contributed by atoms with Gasteiger partial charge in [-0.05, 0) is 56.9 Å². The average Bonchev–Trinajstić information content (AvgIpc) is 2.55. The molecule has 3 fully saturated rings. The van der Waals surface area contributed by atoms with Crippen LogP contribution in [0.15, 0.2) is 11.6 Å². The molecule has 2 heteroatoms. The maximum Gasteiger partial charge on any atom is 0.0252 e. The van der Waals surface area contributed by atoms with Crippen LogP contribution >= 0.6 is 12.4 Å². The Kier molecular flexibility index (Phi) is 7.60. The van der Waals surface area contributed by atoms with Gasteiger partial charge in [-0.3, -0.25) is 0 Å². The SMILES string of the molecule is C(=C(C1CCCCC1)C1CCCCC1)C1CCCCN1.Cl. The Labute approximate surface area is 137 Å². The normalized spacial score (nSPS) is 28.7. The summed E-state index contributed by atoms with van der Waals surface area (Å²) in [6.45, 7) is 1.24. The second kappa shape index (κ2) is 9.20. The van der Waals surface area contributed by atoms with Gasteiger partial charge in [-0.1, -0.05) is 56.6 Å². The molecule has 0 aromatic rings. The predicted octanol–water partition coefficient (Wildman–Crippen LogP) is 5.64. The van der Waals surface area contributed by atoms with Gasteiger partial charge in [0.1, 0.15) is 0 Å². The van der Waals surface area contributed by atoms with E-state index in [0.29, 0.717) is 6.04 Å². The molecule has 1 nitrogen and oxygen atoms in total. The number of allylic oxidation sites excluding steroid dienone is 1. The molecule has 0 bridgehead atoms. The second-order valence-corrected chi connectivity index (χ2v) is 7.39. The molecule has 0 radical (unpaired) electrons. The lowest BCUT2D eigenvalue weighted by Gasteiger charge is -2.34. The van der Waals surface area contributed by atoms with Crippen LogP contribution in [0.25, 0.3) is 0 Å². The molecule has 2 saturated carbocycles. The van der Waals surface area contributed by atoms with Gasteiger partial charge in [0.15, 0.2) is 0 Å². The molecule has 122 valence electrons. The van der Waals surface area contributed by atoms with E-state index >= 15 is 0 Å². The highest BCUT2D eigenvalue weighted by Gasteiger charge is 2.26. The van der Waals surface area contributed by atoms with Gasteiger partial charge in [0.25, 0.3) is 0 Å². The van der Waals surface area contributed by atoms with Crippen LogP contribution in [0, 0.1) is 11.8 Å². The van der Waals surface area contributed by atoms with Crippen LogP contribution in [0.4, 0.5) is 0 Å². The average molecular weight is 312 g/mol. The van der Waals surface area contributed by atoms with Crippen LogP contribution in [0.5, 0.6) is 0 Å². The molecule has 1 atom stereocenters. The van der Waals surface area contributed by atoms with Crippen molar-refractivity contribution in [1.82, 2.24) is 5.32 Å². The van der Waals surface area contributed by atoms with E-state index in [0.717, 1.165) is 11.8 Å². The first-order valence-electron chi connectivity index (χ1n) is 9.38. The van der Waals surface area contributed by atoms with Gasteiger partial charge in [-0.15, -0.1) is 12.4 Å². The molecule has 0 aromatic heterocycles. The fourth-order valence-corrected chi connectivity index (χ4v) is 4.73. The van der Waals surface area contributed by atoms with Gasteiger partial charge < -0.3 is 5.32 Å². The van der Waals surface area contributed by atoms with Gasteiger partial charge in [-0.2, -0.15) is 0 Å². The predicted molar refractivity (Wildman–Crippen MR) is 94.1 cm³/mol. The Hall–Kier alpha value is -0.0100. The lowest BCUT2D eigenvalue weighted by molar-refractivity contribution is 0.321. The quantitative estimate of drug-likeness (QED) is 0.665. The molecular formula is C19H34ClN. The zero-order valence-corrected chi connectivity index (χ0v) is 14.4. The van der Waals surface area contributed by atoms with E-state index < -0.39 is 0 Å². The standard InChI is InChI=1S/C19H33N.ClH/c1-3-9-16(10-4-1)19(17-11-5-2-6-12-17)15-18-13-7-8-14-20-18;/h15-18,20H,1-14H2;1H. The molecule has 2 aliphatic carbocycles. The number of hydrogen-bond donors (Lipinski definition) is 1. The van der Waals surface area contributed by atoms with Crippen molar-refractivity contribution in [2.45, 2.75) is 89.5 Å². The summed E-state index contributed by atoms with van der Waals surface area (Å²) in [5, 5.41) is 3.75. The van der Waals surface area contributed by atoms with E-state index in [1.54, 1.807) is 0 Å². The summed E-state index contributed by atoms with van der Waals surface area (Å²) in [6, 6.07) is 0.697. The third-order valence-electron chi connectivity index (χ3n) is 5.90. The number of rotatable bonds is 3. The maximum absolute atomic E-state index is 3.75. The van der Waals surface area contributed by atoms with Crippen molar-refractivity contribution >= 4 is 12.4 Å². The van der Waals surface area contributed by atoms with Crippen LogP contribution in [0.2, 0.25) is 0 Å². The number of halogens is 1. The van der Waals surface area contributed by atoms with E-state index in [2.05, 4.69) is 11.4 Å². The van der Waals surface area contributed by atoms with Crippen LogP contribution in [0.1, 0.15) is 83.5 Å². The monoisotopic (exact) mass is 311 g/mol. The third-order valence-corrected chi connectivity index (χ3v) is 5.90. The summed E-state index contributed by atoms with van der Waals surface area (Å²) < 4.78 is 0. The zero-order chi connectivity index (χ0) is 13.6. The van der Waals surface area contributed by atoms with E-state index in [4.69, 9.17) is 0 Å². The Morgan fingerprint density at radius 1 is 0.667 bits per heavy atom. The van der Waals surface area contributed by atoms with Gasteiger partial charge in [0.2, 0.25) is 0 Å². The molecule has 21 heavy (non-hydrogen) atoms. The maximum atomic E-state index is 3.75. The van der Waals surface area contributed by atoms with Crippen molar-refractivity contribution in [2.75, 3.05) is 6.54 Å². The largest absolute Gasteiger partial charge is 0.311 e. The van der Waals surface area contributed by atoms with Crippen molar-refractivity contribution in [1.29, 1.82) is 0 Å². The summed E-state index contributed by atoms with van der Waals surface area (Å²) in [5.41, 5.74) is 1.89. The topological polar surface area (TPSA) is 12.0 Å². The minimum Gasteiger partial charge on any atom is -0.311 e. The highest BCUT2D eigenvalue weighted by Crippen LogP contribution is 2.40. The Morgan fingerprint density at radius 2 is 1.19 bits per heavy atom. The molecule has 0 spiro atoms. The minimum absolute atomic E-state index is 0. The number of piperidine rings is 1. The summed E-state index contributed by atoms with van der Waals surface area (Å²) >= 11 is 0. The molecule has 0 aromatic carbocycles. The fraction of sp³-hybridized carbons (Fsp3) is 0.895. The summed E-state index contributed by atoms with van der Waals surface area (Å²) in [4.78, 5) is 0. The lowest BCUT2D eigenvalue weighted by atomic mass is 9.73. The van der Waals surface area contributed by atoms with Crippen molar-refractivity contribution < 1.29 is 0 Å². The highest BCUT2D eigenvalue weighted by atomic mass is 35.5. The second-order valence-electron chi connectivity index (χ2n) is 7.39. The minimum atomic E-state index is 0. The van der Waals surface area contributed by atoms with E-state index in [-0.39, 0.29) is 12.4 Å². The first kappa shape index (κ1) is 17.3. The molecule has 1 aliphatic heterocycles. The fourth-order valence-electron chi connectivity index (χ4n) is 4.73. The van der Waals surface area contributed by atoms with Gasteiger partial charge >= 0.3 is 0 Å². The Balaban J connectivity index is 0.00000161. The van der Waals surface area contributed by atoms with E-state index in [9.17, 15) is 0 Å². The Morgan fingerprint density at radius 3 is 1.67 bits per heavy atom. The van der Waals surface area contributed by atoms with Crippen LogP contribution in [0.3, 0.4) is 0 Å². The lowest BCUT2D eigenvalue weighted by Crippen LogP contribution is -2.33. The third kappa shape index (κ3) is 4.99. The van der Waals surface area contributed by atoms with Crippen LogP contribution in [-0.4, -0.2) is 12.6 Å². The van der Waals surface area contributed by atoms with Crippen LogP contribution < -0.4 is 5.32 Å². The van der Waals surface area contributed by atoms with Crippen molar-refractivity contribution in [2.24, 2.45) is 11.8 Å².